The Labute approximate surface area is 112 Å². The normalized spacial score (nSPS) is 24.9. The summed E-state index contributed by atoms with van der Waals surface area (Å²) >= 11 is 0. The third-order valence-electron chi connectivity index (χ3n) is 4.81. The van der Waals surface area contributed by atoms with E-state index in [9.17, 15) is 4.79 Å². The average Bonchev–Trinajstić information content (AvgIpc) is 2.44. The maximum Gasteiger partial charge on any atom is 0.240 e. The van der Waals surface area contributed by atoms with Crippen molar-refractivity contribution in [2.24, 2.45) is 17.6 Å². The van der Waals surface area contributed by atoms with Gasteiger partial charge in [-0.25, -0.2) is 0 Å². The molecule has 1 aliphatic rings. The molecule has 106 valence electrons. The van der Waals surface area contributed by atoms with Crippen LogP contribution in [0, 0.1) is 11.8 Å². The zero-order valence-electron chi connectivity index (χ0n) is 12.3. The van der Waals surface area contributed by atoms with Gasteiger partial charge in [-0.3, -0.25) is 4.79 Å². The molecule has 0 aliphatic heterocycles. The number of carbonyl (C=O) groups excluding carboxylic acids is 1. The summed E-state index contributed by atoms with van der Waals surface area (Å²) in [4.78, 5) is 12.1. The van der Waals surface area contributed by atoms with Crippen molar-refractivity contribution in [3.8, 4) is 0 Å². The molecular weight excluding hydrogens is 224 g/mol. The predicted octanol–water partition coefficient (Wildman–Crippen LogP) is 2.84. The maximum atomic E-state index is 12.1. The van der Waals surface area contributed by atoms with Gasteiger partial charge in [-0.15, -0.1) is 0 Å². The summed E-state index contributed by atoms with van der Waals surface area (Å²) in [6, 6.07) is 0. The molecule has 1 amide bonds. The lowest BCUT2D eigenvalue weighted by molar-refractivity contribution is -0.126. The molecule has 0 aromatic carbocycles. The Morgan fingerprint density at radius 1 is 1.11 bits per heavy atom. The number of hydrogen-bond acceptors (Lipinski definition) is 2. The van der Waals surface area contributed by atoms with Gasteiger partial charge in [-0.2, -0.15) is 0 Å². The van der Waals surface area contributed by atoms with E-state index in [1.807, 2.05) is 13.8 Å². The van der Waals surface area contributed by atoms with Crippen LogP contribution < -0.4 is 11.1 Å². The van der Waals surface area contributed by atoms with Crippen LogP contribution in [0.25, 0.3) is 0 Å². The van der Waals surface area contributed by atoms with Crippen molar-refractivity contribution in [2.75, 3.05) is 6.54 Å². The summed E-state index contributed by atoms with van der Waals surface area (Å²) < 4.78 is 0. The van der Waals surface area contributed by atoms with Gasteiger partial charge in [0.25, 0.3) is 0 Å². The third-order valence-corrected chi connectivity index (χ3v) is 4.81. The minimum Gasteiger partial charge on any atom is -0.354 e. The Bertz CT molecular complexity index is 253. The van der Waals surface area contributed by atoms with Crippen molar-refractivity contribution in [3.05, 3.63) is 0 Å². The Morgan fingerprint density at radius 3 is 2.06 bits per heavy atom. The molecule has 1 aliphatic carbocycles. The van der Waals surface area contributed by atoms with Gasteiger partial charge in [-0.1, -0.05) is 40.0 Å². The van der Waals surface area contributed by atoms with Crippen molar-refractivity contribution in [1.29, 1.82) is 0 Å². The fourth-order valence-corrected chi connectivity index (χ4v) is 2.83. The quantitative estimate of drug-likeness (QED) is 0.766. The van der Waals surface area contributed by atoms with E-state index in [2.05, 4.69) is 12.2 Å². The van der Waals surface area contributed by atoms with Crippen LogP contribution in [0.5, 0.6) is 0 Å². The summed E-state index contributed by atoms with van der Waals surface area (Å²) in [7, 11) is 0. The van der Waals surface area contributed by atoms with Gasteiger partial charge >= 0.3 is 0 Å². The molecule has 0 radical (unpaired) electrons. The van der Waals surface area contributed by atoms with Crippen molar-refractivity contribution >= 4 is 5.91 Å². The van der Waals surface area contributed by atoms with Crippen LogP contribution in [0.3, 0.4) is 0 Å². The second-order valence-electron chi connectivity index (χ2n) is 5.87. The summed E-state index contributed by atoms with van der Waals surface area (Å²) in [5.74, 6) is 1.61. The number of nitrogens with two attached hydrogens (primary N) is 1. The first-order valence-electron chi connectivity index (χ1n) is 7.62. The second kappa shape index (κ2) is 7.13. The summed E-state index contributed by atoms with van der Waals surface area (Å²) in [6.07, 6.45) is 7.88. The lowest BCUT2D eigenvalue weighted by Crippen LogP contribution is -2.54. The Kier molecular flexibility index (Phi) is 6.13. The highest BCUT2D eigenvalue weighted by Crippen LogP contribution is 2.30. The van der Waals surface area contributed by atoms with E-state index < -0.39 is 5.54 Å². The average molecular weight is 254 g/mol. The lowest BCUT2D eigenvalue weighted by Gasteiger charge is -2.30. The summed E-state index contributed by atoms with van der Waals surface area (Å²) in [6.45, 7) is 7.05. The van der Waals surface area contributed by atoms with Crippen LogP contribution in [-0.4, -0.2) is 18.0 Å². The van der Waals surface area contributed by atoms with Crippen LogP contribution >= 0.6 is 0 Å². The number of carbonyl (C=O) groups is 1. The SMILES string of the molecule is CCC1CCC(CNC(=O)C(N)(CC)CC)CC1. The predicted molar refractivity (Wildman–Crippen MR) is 76.2 cm³/mol. The van der Waals surface area contributed by atoms with Gasteiger partial charge in [0.05, 0.1) is 5.54 Å². The molecule has 0 aromatic rings. The molecule has 0 saturated heterocycles. The fraction of sp³-hybridized carbons (Fsp3) is 0.933. The van der Waals surface area contributed by atoms with Crippen LogP contribution in [0.2, 0.25) is 0 Å². The van der Waals surface area contributed by atoms with Crippen LogP contribution in [-0.2, 0) is 4.79 Å². The molecule has 0 aromatic heterocycles. The van der Waals surface area contributed by atoms with E-state index in [-0.39, 0.29) is 5.91 Å². The lowest BCUT2D eigenvalue weighted by atomic mass is 9.81. The Hall–Kier alpha value is -0.570. The molecule has 18 heavy (non-hydrogen) atoms. The minimum absolute atomic E-state index is 0.0325. The van der Waals surface area contributed by atoms with Gasteiger partial charge in [0, 0.05) is 6.54 Å². The molecule has 3 nitrogen and oxygen atoms in total. The van der Waals surface area contributed by atoms with Crippen molar-refractivity contribution < 1.29 is 4.79 Å². The van der Waals surface area contributed by atoms with E-state index >= 15 is 0 Å². The Morgan fingerprint density at radius 2 is 1.61 bits per heavy atom. The Balaban J connectivity index is 2.31. The van der Waals surface area contributed by atoms with E-state index in [1.54, 1.807) is 0 Å². The topological polar surface area (TPSA) is 55.1 Å². The highest BCUT2D eigenvalue weighted by Gasteiger charge is 2.30. The minimum atomic E-state index is -0.666. The van der Waals surface area contributed by atoms with Gasteiger partial charge in [-0.05, 0) is 37.5 Å². The number of rotatable bonds is 6. The van der Waals surface area contributed by atoms with Crippen molar-refractivity contribution in [2.45, 2.75) is 71.3 Å². The van der Waals surface area contributed by atoms with Crippen LogP contribution in [0.1, 0.15) is 65.7 Å². The number of amides is 1. The largest absolute Gasteiger partial charge is 0.354 e. The van der Waals surface area contributed by atoms with Crippen LogP contribution in [0.15, 0.2) is 0 Å². The zero-order chi connectivity index (χ0) is 13.6. The standard InChI is InChI=1S/C15H30N2O/c1-4-12-7-9-13(10-8-12)11-17-14(18)15(16,5-2)6-3/h12-13H,4-11,16H2,1-3H3,(H,17,18). The van der Waals surface area contributed by atoms with Crippen LogP contribution in [0.4, 0.5) is 0 Å². The fourth-order valence-electron chi connectivity index (χ4n) is 2.83. The van der Waals surface area contributed by atoms with Gasteiger partial charge in [0.2, 0.25) is 5.91 Å². The van der Waals surface area contributed by atoms with Crippen molar-refractivity contribution in [3.63, 3.8) is 0 Å². The molecule has 1 rings (SSSR count). The first-order valence-corrected chi connectivity index (χ1v) is 7.62. The molecule has 0 unspecified atom stereocenters. The third kappa shape index (κ3) is 3.98. The molecule has 3 heteroatoms. The van der Waals surface area contributed by atoms with Gasteiger partial charge in [0.1, 0.15) is 0 Å². The smallest absolute Gasteiger partial charge is 0.240 e. The molecule has 1 fully saturated rings. The summed E-state index contributed by atoms with van der Waals surface area (Å²) in [5.41, 5.74) is 5.42. The number of nitrogens with one attached hydrogen (secondary N) is 1. The molecule has 0 spiro atoms. The first kappa shape index (κ1) is 15.5. The van der Waals surface area contributed by atoms with E-state index in [0.29, 0.717) is 18.8 Å². The van der Waals surface area contributed by atoms with E-state index in [0.717, 1.165) is 12.5 Å². The molecule has 0 bridgehead atoms. The summed E-state index contributed by atoms with van der Waals surface area (Å²) in [5, 5.41) is 3.06. The first-order chi connectivity index (χ1) is 8.55. The molecule has 0 heterocycles. The van der Waals surface area contributed by atoms with Crippen molar-refractivity contribution in [1.82, 2.24) is 5.32 Å². The maximum absolute atomic E-state index is 12.1. The highest BCUT2D eigenvalue weighted by molar-refractivity contribution is 5.85. The molecule has 1 saturated carbocycles. The van der Waals surface area contributed by atoms with E-state index in [1.165, 1.54) is 32.1 Å². The zero-order valence-corrected chi connectivity index (χ0v) is 12.3. The highest BCUT2D eigenvalue weighted by atomic mass is 16.2. The van der Waals surface area contributed by atoms with E-state index in [4.69, 9.17) is 5.73 Å². The van der Waals surface area contributed by atoms with Gasteiger partial charge in [0.15, 0.2) is 0 Å². The second-order valence-corrected chi connectivity index (χ2v) is 5.87. The monoisotopic (exact) mass is 254 g/mol. The molecule has 0 atom stereocenters. The molecular formula is C15H30N2O. The molecule has 3 N–H and O–H groups in total. The van der Waals surface area contributed by atoms with Gasteiger partial charge < -0.3 is 11.1 Å². The number of hydrogen-bond donors (Lipinski definition) is 2.